The molecule has 4 rings (SSSR count). The molecule has 0 aliphatic heterocycles. The van der Waals surface area contributed by atoms with Gasteiger partial charge in [-0.15, -0.1) is 11.6 Å². The van der Waals surface area contributed by atoms with Crippen molar-refractivity contribution in [3.8, 4) is 0 Å². The fraction of sp³-hybridized carbons (Fsp3) is 0.562. The molecule has 1 heterocycles. The van der Waals surface area contributed by atoms with Crippen LogP contribution in [0.3, 0.4) is 0 Å². The second kappa shape index (κ2) is 4.24. The van der Waals surface area contributed by atoms with E-state index in [2.05, 4.69) is 28.8 Å². The summed E-state index contributed by atoms with van der Waals surface area (Å²) in [4.78, 5) is 4.77. The largest absolute Gasteiger partial charge is 0.323 e. The number of imidazole rings is 1. The van der Waals surface area contributed by atoms with Crippen molar-refractivity contribution in [3.05, 3.63) is 30.1 Å². The highest BCUT2D eigenvalue weighted by atomic mass is 35.5. The molecule has 0 saturated heterocycles. The van der Waals surface area contributed by atoms with Crippen molar-refractivity contribution in [2.24, 2.45) is 11.8 Å². The minimum atomic E-state index is -0.0217. The molecular weight excluding hydrogens is 256 g/mol. The number of fused-ring (bicyclic) bond motifs is 3. The molecule has 2 aliphatic carbocycles. The Balaban J connectivity index is 1.89. The van der Waals surface area contributed by atoms with Crippen LogP contribution in [0.25, 0.3) is 11.0 Å². The summed E-state index contributed by atoms with van der Waals surface area (Å²) in [6, 6.07) is 9.08. The van der Waals surface area contributed by atoms with Crippen molar-refractivity contribution in [1.29, 1.82) is 0 Å². The average molecular weight is 275 g/mol. The summed E-state index contributed by atoms with van der Waals surface area (Å²) in [5, 5.41) is -0.0217. The first-order chi connectivity index (χ1) is 9.24. The molecule has 3 heteroatoms. The van der Waals surface area contributed by atoms with Gasteiger partial charge < -0.3 is 4.57 Å². The van der Waals surface area contributed by atoms with Crippen LogP contribution in [0.4, 0.5) is 0 Å². The third-order valence-electron chi connectivity index (χ3n) is 5.01. The summed E-state index contributed by atoms with van der Waals surface area (Å²) >= 11 is 6.38. The van der Waals surface area contributed by atoms with E-state index >= 15 is 0 Å². The quantitative estimate of drug-likeness (QED) is 0.726. The summed E-state index contributed by atoms with van der Waals surface area (Å²) in [7, 11) is 0. The Morgan fingerprint density at radius 2 is 2.11 bits per heavy atom. The molecule has 1 aromatic heterocycles. The van der Waals surface area contributed by atoms with Crippen molar-refractivity contribution < 1.29 is 0 Å². The zero-order chi connectivity index (χ0) is 13.0. The van der Waals surface area contributed by atoms with Gasteiger partial charge in [-0.2, -0.15) is 0 Å². The van der Waals surface area contributed by atoms with Gasteiger partial charge in [0.05, 0.1) is 16.4 Å². The van der Waals surface area contributed by atoms with E-state index in [1.54, 1.807) is 0 Å². The van der Waals surface area contributed by atoms with Gasteiger partial charge in [0.15, 0.2) is 0 Å². The minimum Gasteiger partial charge on any atom is -0.323 e. The van der Waals surface area contributed by atoms with E-state index in [0.29, 0.717) is 6.04 Å². The van der Waals surface area contributed by atoms with Gasteiger partial charge in [0.25, 0.3) is 0 Å². The molecule has 4 unspecified atom stereocenters. The van der Waals surface area contributed by atoms with Crippen molar-refractivity contribution in [2.75, 3.05) is 0 Å². The molecule has 0 radical (unpaired) electrons. The second-order valence-corrected chi connectivity index (χ2v) is 6.84. The lowest BCUT2D eigenvalue weighted by Gasteiger charge is -2.26. The third kappa shape index (κ3) is 1.73. The molecule has 19 heavy (non-hydrogen) atoms. The summed E-state index contributed by atoms with van der Waals surface area (Å²) in [5.74, 6) is 2.84. The summed E-state index contributed by atoms with van der Waals surface area (Å²) in [6.07, 6.45) is 5.55. The molecule has 0 spiro atoms. The van der Waals surface area contributed by atoms with E-state index in [4.69, 9.17) is 16.6 Å². The van der Waals surface area contributed by atoms with Crippen LogP contribution >= 0.6 is 11.6 Å². The lowest BCUT2D eigenvalue weighted by atomic mass is 9.95. The Kier molecular flexibility index (Phi) is 2.63. The van der Waals surface area contributed by atoms with E-state index in [9.17, 15) is 0 Å². The lowest BCUT2D eigenvalue weighted by Crippen LogP contribution is -2.18. The number of hydrogen-bond donors (Lipinski definition) is 0. The Hall–Kier alpha value is -1.02. The molecule has 0 N–H and O–H groups in total. The third-order valence-corrected chi connectivity index (χ3v) is 5.21. The molecule has 2 aromatic rings. The van der Waals surface area contributed by atoms with Crippen LogP contribution in [-0.2, 0) is 0 Å². The molecule has 1 aromatic carbocycles. The van der Waals surface area contributed by atoms with Gasteiger partial charge in [-0.3, -0.25) is 0 Å². The van der Waals surface area contributed by atoms with Crippen LogP contribution in [0.2, 0.25) is 0 Å². The molecule has 2 aliphatic rings. The van der Waals surface area contributed by atoms with Crippen molar-refractivity contribution in [3.63, 3.8) is 0 Å². The second-order valence-electron chi connectivity index (χ2n) is 6.19. The van der Waals surface area contributed by atoms with E-state index in [1.807, 2.05) is 6.92 Å². The van der Waals surface area contributed by atoms with E-state index in [-0.39, 0.29) is 5.38 Å². The van der Waals surface area contributed by atoms with Gasteiger partial charge in [-0.25, -0.2) is 4.98 Å². The molecule has 2 bridgehead atoms. The number of aromatic nitrogens is 2. The number of rotatable bonds is 2. The normalized spacial score (nSPS) is 31.2. The smallest absolute Gasteiger partial charge is 0.127 e. The minimum absolute atomic E-state index is 0.0217. The molecule has 2 nitrogen and oxygen atoms in total. The summed E-state index contributed by atoms with van der Waals surface area (Å²) < 4.78 is 2.46. The first kappa shape index (κ1) is 11.8. The molecule has 0 amide bonds. The van der Waals surface area contributed by atoms with Crippen molar-refractivity contribution in [2.45, 2.75) is 44.0 Å². The van der Waals surface area contributed by atoms with Gasteiger partial charge in [0.1, 0.15) is 5.82 Å². The van der Waals surface area contributed by atoms with Crippen molar-refractivity contribution in [1.82, 2.24) is 9.55 Å². The lowest BCUT2D eigenvalue weighted by molar-refractivity contribution is 0.329. The Morgan fingerprint density at radius 3 is 2.79 bits per heavy atom. The van der Waals surface area contributed by atoms with Crippen LogP contribution < -0.4 is 0 Å². The average Bonchev–Trinajstić information content (AvgIpc) is 3.10. The number of halogens is 1. The maximum absolute atomic E-state index is 6.38. The Morgan fingerprint density at radius 1 is 1.26 bits per heavy atom. The van der Waals surface area contributed by atoms with Gasteiger partial charge in [-0.1, -0.05) is 18.6 Å². The van der Waals surface area contributed by atoms with Gasteiger partial charge in [0, 0.05) is 6.04 Å². The van der Waals surface area contributed by atoms with Gasteiger partial charge in [0.2, 0.25) is 0 Å². The topological polar surface area (TPSA) is 17.8 Å². The Bertz CT molecular complexity index is 616. The van der Waals surface area contributed by atoms with Crippen LogP contribution in [0.15, 0.2) is 24.3 Å². The fourth-order valence-electron chi connectivity index (χ4n) is 4.22. The van der Waals surface area contributed by atoms with E-state index < -0.39 is 0 Å². The number of nitrogens with zero attached hydrogens (tertiary/aromatic N) is 2. The van der Waals surface area contributed by atoms with Crippen LogP contribution in [-0.4, -0.2) is 9.55 Å². The first-order valence-corrected chi connectivity index (χ1v) is 7.78. The molecule has 2 saturated carbocycles. The van der Waals surface area contributed by atoms with Crippen LogP contribution in [0.5, 0.6) is 0 Å². The highest BCUT2D eigenvalue weighted by molar-refractivity contribution is 6.20. The maximum Gasteiger partial charge on any atom is 0.127 e. The number of benzene rings is 1. The standard InChI is InChI=1S/C16H19ClN2/c1-10(17)16-18-13-4-2-3-5-14(13)19(16)15-9-11-6-7-12(15)8-11/h2-5,10-12,15H,6-9H2,1H3. The zero-order valence-corrected chi connectivity index (χ0v) is 12.0. The van der Waals surface area contributed by atoms with Crippen LogP contribution in [0, 0.1) is 11.8 Å². The first-order valence-electron chi connectivity index (χ1n) is 7.35. The number of hydrogen-bond acceptors (Lipinski definition) is 1. The predicted octanol–water partition coefficient (Wildman–Crippen LogP) is 4.70. The molecule has 4 atom stereocenters. The van der Waals surface area contributed by atoms with Crippen LogP contribution in [0.1, 0.15) is 49.9 Å². The highest BCUT2D eigenvalue weighted by Gasteiger charge is 2.41. The number of alkyl halides is 1. The maximum atomic E-state index is 6.38. The zero-order valence-electron chi connectivity index (χ0n) is 11.2. The molecule has 2 fully saturated rings. The van der Waals surface area contributed by atoms with Gasteiger partial charge in [-0.05, 0) is 50.2 Å². The van der Waals surface area contributed by atoms with E-state index in [1.165, 1.54) is 31.2 Å². The summed E-state index contributed by atoms with van der Waals surface area (Å²) in [6.45, 7) is 2.03. The predicted molar refractivity (Wildman–Crippen MR) is 78.5 cm³/mol. The fourth-order valence-corrected chi connectivity index (χ4v) is 4.37. The summed E-state index contributed by atoms with van der Waals surface area (Å²) in [5.41, 5.74) is 2.36. The SMILES string of the molecule is CC(Cl)c1nc2ccccc2n1C1CC2CCC1C2. The molecular formula is C16H19ClN2. The Labute approximate surface area is 118 Å². The van der Waals surface area contributed by atoms with E-state index in [0.717, 1.165) is 23.2 Å². The number of para-hydroxylation sites is 2. The monoisotopic (exact) mass is 274 g/mol. The van der Waals surface area contributed by atoms with Gasteiger partial charge >= 0.3 is 0 Å². The van der Waals surface area contributed by atoms with Crippen molar-refractivity contribution >= 4 is 22.6 Å². The highest BCUT2D eigenvalue weighted by Crippen LogP contribution is 2.52. The molecule has 100 valence electrons.